The topological polar surface area (TPSA) is 101 Å². The average Bonchev–Trinajstić information content (AvgIpc) is 2.55. The Kier molecular flexibility index (Phi) is 6.15. The van der Waals surface area contributed by atoms with Gasteiger partial charge in [0.05, 0.1) is 0 Å². The lowest BCUT2D eigenvalue weighted by Gasteiger charge is -2.20. The Balaban J connectivity index is 2.33. The van der Waals surface area contributed by atoms with Crippen molar-refractivity contribution in [2.24, 2.45) is 0 Å². The predicted octanol–water partition coefficient (Wildman–Crippen LogP) is 3.68. The molecule has 0 spiro atoms. The number of hydrogen-bond donors (Lipinski definition) is 2. The van der Waals surface area contributed by atoms with E-state index in [0.29, 0.717) is 22.4 Å². The molecule has 9 heteroatoms. The number of sulfonamides is 1. The molecule has 0 saturated heterocycles. The zero-order valence-corrected chi connectivity index (χ0v) is 16.7. The predicted molar refractivity (Wildman–Crippen MR) is 101 cm³/mol. The quantitative estimate of drug-likeness (QED) is 0.754. The van der Waals surface area contributed by atoms with Gasteiger partial charge in [0, 0.05) is 18.1 Å². The highest BCUT2D eigenvalue weighted by atomic mass is 32.2. The van der Waals surface area contributed by atoms with Gasteiger partial charge in [0.25, 0.3) is 5.16 Å². The number of anilines is 1. The lowest BCUT2D eigenvalue weighted by Crippen LogP contribution is -2.36. The summed E-state index contributed by atoms with van der Waals surface area (Å²) in [7, 11) is -4.23. The molecule has 7 nitrogen and oxygen atoms in total. The lowest BCUT2D eigenvalue weighted by atomic mass is 9.92. The fourth-order valence-corrected chi connectivity index (χ4v) is 3.30. The molecule has 0 aliphatic rings. The normalized spacial score (nSPS) is 11.7. The maximum atomic E-state index is 14.0. The van der Waals surface area contributed by atoms with Gasteiger partial charge in [0.15, 0.2) is 0 Å². The summed E-state index contributed by atoms with van der Waals surface area (Å²) in [5.41, 5.74) is 2.25. The van der Waals surface area contributed by atoms with E-state index in [1.54, 1.807) is 6.92 Å². The number of rotatable bonds is 5. The molecule has 0 atom stereocenters. The van der Waals surface area contributed by atoms with Crippen molar-refractivity contribution in [3.05, 3.63) is 47.0 Å². The Hall–Kier alpha value is -2.55. The van der Waals surface area contributed by atoms with Gasteiger partial charge in [-0.2, -0.15) is 8.42 Å². The molecule has 0 saturated carbocycles. The summed E-state index contributed by atoms with van der Waals surface area (Å²) >= 11 is 0. The molecule has 0 unspecified atom stereocenters. The Labute approximate surface area is 158 Å². The van der Waals surface area contributed by atoms with Crippen molar-refractivity contribution >= 4 is 21.7 Å². The molecule has 0 aliphatic carbocycles. The molecule has 1 heterocycles. The second kappa shape index (κ2) is 7.99. The molecule has 2 aromatic rings. The van der Waals surface area contributed by atoms with Gasteiger partial charge < -0.3 is 5.32 Å². The summed E-state index contributed by atoms with van der Waals surface area (Å²) in [6, 6.07) is 1.71. The van der Waals surface area contributed by atoms with Crippen LogP contribution in [0.4, 0.5) is 14.9 Å². The fourth-order valence-electron chi connectivity index (χ4n) is 2.53. The Morgan fingerprint density at radius 2 is 1.52 bits per heavy atom. The minimum atomic E-state index is -4.23. The summed E-state index contributed by atoms with van der Waals surface area (Å²) in [6.07, 6.45) is 2.68. The Bertz CT molecular complexity index is 913. The van der Waals surface area contributed by atoms with Crippen molar-refractivity contribution < 1.29 is 17.6 Å². The van der Waals surface area contributed by atoms with Crippen molar-refractivity contribution in [1.82, 2.24) is 14.7 Å². The van der Waals surface area contributed by atoms with Crippen LogP contribution < -0.4 is 10.0 Å². The number of aromatic nitrogens is 2. The average molecular weight is 394 g/mol. The molecule has 1 aromatic carbocycles. The minimum absolute atomic E-state index is 0.0782. The molecule has 0 fully saturated rings. The largest absolute Gasteiger partial charge is 0.333 e. The molecule has 2 N–H and O–H groups in total. The monoisotopic (exact) mass is 394 g/mol. The van der Waals surface area contributed by atoms with Crippen LogP contribution in [0.15, 0.2) is 29.7 Å². The molecular formula is C18H23FN4O3S. The van der Waals surface area contributed by atoms with Crippen LogP contribution in [0.5, 0.6) is 0 Å². The molecule has 1 aromatic heterocycles. The van der Waals surface area contributed by atoms with Crippen LogP contribution >= 0.6 is 0 Å². The number of carbonyl (C=O) groups excluding carboxylic acids is 1. The van der Waals surface area contributed by atoms with E-state index in [0.717, 1.165) is 0 Å². The smallest absolute Gasteiger partial charge is 0.307 e. The van der Waals surface area contributed by atoms with E-state index >= 15 is 0 Å². The van der Waals surface area contributed by atoms with Gasteiger partial charge in [-0.25, -0.2) is 23.9 Å². The van der Waals surface area contributed by atoms with Crippen LogP contribution in [-0.2, 0) is 10.0 Å². The van der Waals surface area contributed by atoms with E-state index in [9.17, 15) is 17.6 Å². The van der Waals surface area contributed by atoms with E-state index in [-0.39, 0.29) is 11.8 Å². The number of amides is 2. The number of aryl methyl sites for hydroxylation is 1. The highest BCUT2D eigenvalue weighted by Crippen LogP contribution is 2.33. The zero-order chi connectivity index (χ0) is 20.4. The molecule has 2 rings (SSSR count). The first kappa shape index (κ1) is 20.8. The minimum Gasteiger partial charge on any atom is -0.307 e. The third kappa shape index (κ3) is 5.00. The second-order valence-electron chi connectivity index (χ2n) is 6.87. The van der Waals surface area contributed by atoms with Gasteiger partial charge in [-0.05, 0) is 47.6 Å². The van der Waals surface area contributed by atoms with Gasteiger partial charge in [0.1, 0.15) is 5.82 Å². The maximum absolute atomic E-state index is 14.0. The van der Waals surface area contributed by atoms with E-state index in [2.05, 4.69) is 15.3 Å². The zero-order valence-electron chi connectivity index (χ0n) is 15.9. The first-order valence-corrected chi connectivity index (χ1v) is 9.95. The van der Waals surface area contributed by atoms with Crippen molar-refractivity contribution in [1.29, 1.82) is 0 Å². The van der Waals surface area contributed by atoms with Crippen LogP contribution in [0.2, 0.25) is 0 Å². The van der Waals surface area contributed by atoms with Gasteiger partial charge >= 0.3 is 16.1 Å². The molecule has 27 heavy (non-hydrogen) atoms. The van der Waals surface area contributed by atoms with Crippen molar-refractivity contribution in [2.75, 3.05) is 5.32 Å². The third-order valence-electron chi connectivity index (χ3n) is 3.87. The molecular weight excluding hydrogens is 371 g/mol. The van der Waals surface area contributed by atoms with E-state index in [4.69, 9.17) is 0 Å². The van der Waals surface area contributed by atoms with Crippen LogP contribution in [0, 0.1) is 12.7 Å². The number of nitrogens with zero attached hydrogens (tertiary/aromatic N) is 2. The standard InChI is InChI=1S/C18H23FN4O3S/c1-10(2)14-6-13(19)7-15(11(3)4)16(14)22-17(24)23-27(25,26)18-20-8-12(5)9-21-18/h6-11H,1-5H3,(H2,22,23,24). The molecule has 0 bridgehead atoms. The molecule has 0 radical (unpaired) electrons. The number of halogens is 1. The van der Waals surface area contributed by atoms with Crippen molar-refractivity contribution in [3.8, 4) is 0 Å². The number of carbonyl (C=O) groups is 1. The van der Waals surface area contributed by atoms with E-state index < -0.39 is 27.0 Å². The number of hydrogen-bond acceptors (Lipinski definition) is 5. The van der Waals surface area contributed by atoms with E-state index in [1.807, 2.05) is 32.4 Å². The van der Waals surface area contributed by atoms with Crippen LogP contribution in [0.1, 0.15) is 56.2 Å². The van der Waals surface area contributed by atoms with Gasteiger partial charge in [-0.1, -0.05) is 27.7 Å². The van der Waals surface area contributed by atoms with Crippen LogP contribution in [0.3, 0.4) is 0 Å². The highest BCUT2D eigenvalue weighted by Gasteiger charge is 2.23. The highest BCUT2D eigenvalue weighted by molar-refractivity contribution is 7.89. The van der Waals surface area contributed by atoms with Crippen molar-refractivity contribution in [2.45, 2.75) is 51.6 Å². The van der Waals surface area contributed by atoms with E-state index in [1.165, 1.54) is 24.5 Å². The molecule has 0 aliphatic heterocycles. The van der Waals surface area contributed by atoms with Gasteiger partial charge in [0.2, 0.25) is 0 Å². The number of urea groups is 1. The van der Waals surface area contributed by atoms with Gasteiger partial charge in [-0.3, -0.25) is 0 Å². The maximum Gasteiger partial charge on any atom is 0.333 e. The fraction of sp³-hybridized carbons (Fsp3) is 0.389. The van der Waals surface area contributed by atoms with Crippen LogP contribution in [0.25, 0.3) is 0 Å². The Morgan fingerprint density at radius 3 is 1.96 bits per heavy atom. The van der Waals surface area contributed by atoms with Gasteiger partial charge in [-0.15, -0.1) is 0 Å². The SMILES string of the molecule is Cc1cnc(S(=O)(=O)NC(=O)Nc2c(C(C)C)cc(F)cc2C(C)C)nc1. The summed E-state index contributed by atoms with van der Waals surface area (Å²) < 4.78 is 40.4. The third-order valence-corrected chi connectivity index (χ3v) is 5.02. The number of benzene rings is 1. The summed E-state index contributed by atoms with van der Waals surface area (Å²) in [4.78, 5) is 19.8. The molecule has 2 amide bonds. The first-order chi connectivity index (χ1) is 12.5. The second-order valence-corrected chi connectivity index (χ2v) is 8.45. The Morgan fingerprint density at radius 1 is 1.04 bits per heavy atom. The molecule has 146 valence electrons. The first-order valence-electron chi connectivity index (χ1n) is 8.47. The summed E-state index contributed by atoms with van der Waals surface area (Å²) in [5.74, 6) is -0.565. The van der Waals surface area contributed by atoms with Crippen molar-refractivity contribution in [3.63, 3.8) is 0 Å². The lowest BCUT2D eigenvalue weighted by molar-refractivity contribution is 0.256. The van der Waals surface area contributed by atoms with Crippen LogP contribution in [-0.4, -0.2) is 24.4 Å². The number of nitrogens with one attached hydrogen (secondary N) is 2. The summed E-state index contributed by atoms with van der Waals surface area (Å²) in [5, 5.41) is 2.05. The summed E-state index contributed by atoms with van der Waals surface area (Å²) in [6.45, 7) is 9.15.